The first-order valence-electron chi connectivity index (χ1n) is 6.66. The summed E-state index contributed by atoms with van der Waals surface area (Å²) in [5.74, 6) is 0.919. The van der Waals surface area contributed by atoms with Crippen molar-refractivity contribution in [3.8, 4) is 11.5 Å². The predicted octanol–water partition coefficient (Wildman–Crippen LogP) is 4.33. The first-order chi connectivity index (χ1) is 9.13. The van der Waals surface area contributed by atoms with E-state index in [2.05, 4.69) is 15.9 Å². The van der Waals surface area contributed by atoms with Gasteiger partial charge in [0.25, 0.3) is 0 Å². The van der Waals surface area contributed by atoms with E-state index < -0.39 is 0 Å². The summed E-state index contributed by atoms with van der Waals surface area (Å²) in [4.78, 5) is 11.7. The molecule has 0 saturated heterocycles. The van der Waals surface area contributed by atoms with Gasteiger partial charge in [-0.15, -0.1) is 0 Å². The van der Waals surface area contributed by atoms with Crippen molar-refractivity contribution in [3.05, 3.63) is 24.3 Å². The van der Waals surface area contributed by atoms with E-state index in [-0.39, 0.29) is 12.1 Å². The Balaban J connectivity index is 2.49. The lowest BCUT2D eigenvalue weighted by Gasteiger charge is -2.13. The standard InChI is InChI=1S/C15H21BrO3/c1-12(2)18-13-8-5-6-9-14(13)19-15(17)10-4-3-7-11-16/h5-6,8-9,12H,3-4,7,10-11H2,1-2H3. The first kappa shape index (κ1) is 16.0. The van der Waals surface area contributed by atoms with E-state index in [9.17, 15) is 4.79 Å². The van der Waals surface area contributed by atoms with Crippen LogP contribution in [-0.4, -0.2) is 17.4 Å². The molecule has 0 atom stereocenters. The average molecular weight is 329 g/mol. The number of halogens is 1. The molecule has 0 saturated carbocycles. The van der Waals surface area contributed by atoms with Crippen LogP contribution in [0.25, 0.3) is 0 Å². The second kappa shape index (κ2) is 8.97. The van der Waals surface area contributed by atoms with Crippen LogP contribution in [0.5, 0.6) is 11.5 Å². The minimum atomic E-state index is -0.200. The summed E-state index contributed by atoms with van der Waals surface area (Å²) in [5, 5.41) is 0.979. The number of hydrogen-bond donors (Lipinski definition) is 0. The van der Waals surface area contributed by atoms with Crippen LogP contribution in [0, 0.1) is 0 Å². The van der Waals surface area contributed by atoms with Crippen molar-refractivity contribution in [2.45, 2.75) is 45.6 Å². The molecule has 0 aliphatic rings. The Morgan fingerprint density at radius 1 is 1.16 bits per heavy atom. The van der Waals surface area contributed by atoms with E-state index in [4.69, 9.17) is 9.47 Å². The molecular formula is C15H21BrO3. The number of rotatable bonds is 8. The van der Waals surface area contributed by atoms with Gasteiger partial charge in [-0.2, -0.15) is 0 Å². The van der Waals surface area contributed by atoms with Crippen molar-refractivity contribution in [1.82, 2.24) is 0 Å². The summed E-state index contributed by atoms with van der Waals surface area (Å²) < 4.78 is 11.0. The number of ether oxygens (including phenoxy) is 2. The number of para-hydroxylation sites is 2. The summed E-state index contributed by atoms with van der Waals surface area (Å²) in [6, 6.07) is 7.27. The van der Waals surface area contributed by atoms with Crippen LogP contribution in [0.1, 0.15) is 39.5 Å². The monoisotopic (exact) mass is 328 g/mol. The van der Waals surface area contributed by atoms with E-state index in [0.29, 0.717) is 17.9 Å². The van der Waals surface area contributed by atoms with Crippen molar-refractivity contribution in [3.63, 3.8) is 0 Å². The zero-order chi connectivity index (χ0) is 14.1. The normalized spacial score (nSPS) is 10.5. The van der Waals surface area contributed by atoms with Gasteiger partial charge in [0.2, 0.25) is 0 Å². The van der Waals surface area contributed by atoms with Gasteiger partial charge in [0.1, 0.15) is 0 Å². The lowest BCUT2D eigenvalue weighted by atomic mass is 10.2. The van der Waals surface area contributed by atoms with Gasteiger partial charge in [-0.25, -0.2) is 0 Å². The fourth-order valence-electron chi connectivity index (χ4n) is 1.60. The van der Waals surface area contributed by atoms with E-state index in [1.807, 2.05) is 32.0 Å². The molecule has 106 valence electrons. The van der Waals surface area contributed by atoms with E-state index in [1.165, 1.54) is 0 Å². The number of carbonyl (C=O) groups is 1. The van der Waals surface area contributed by atoms with E-state index >= 15 is 0 Å². The highest BCUT2D eigenvalue weighted by Crippen LogP contribution is 2.27. The summed E-state index contributed by atoms with van der Waals surface area (Å²) in [5.41, 5.74) is 0. The molecular weight excluding hydrogens is 308 g/mol. The molecule has 0 unspecified atom stereocenters. The topological polar surface area (TPSA) is 35.5 Å². The highest BCUT2D eigenvalue weighted by atomic mass is 79.9. The Bertz CT molecular complexity index is 391. The van der Waals surface area contributed by atoms with Crippen LogP contribution < -0.4 is 9.47 Å². The lowest BCUT2D eigenvalue weighted by Crippen LogP contribution is -2.11. The molecule has 0 aliphatic heterocycles. The van der Waals surface area contributed by atoms with Crippen LogP contribution in [-0.2, 0) is 4.79 Å². The molecule has 0 fully saturated rings. The fraction of sp³-hybridized carbons (Fsp3) is 0.533. The summed E-state index contributed by atoms with van der Waals surface area (Å²) in [6.45, 7) is 3.89. The Kier molecular flexibility index (Phi) is 7.56. The molecule has 3 nitrogen and oxygen atoms in total. The SMILES string of the molecule is CC(C)Oc1ccccc1OC(=O)CCCCCBr. The second-order valence-corrected chi connectivity index (χ2v) is 5.38. The quantitative estimate of drug-likeness (QED) is 0.308. The molecule has 0 radical (unpaired) electrons. The number of unbranched alkanes of at least 4 members (excludes halogenated alkanes) is 2. The van der Waals surface area contributed by atoms with Gasteiger partial charge in [0.05, 0.1) is 6.10 Å². The molecule has 0 aromatic heterocycles. The van der Waals surface area contributed by atoms with Crippen LogP contribution in [0.15, 0.2) is 24.3 Å². The largest absolute Gasteiger partial charge is 0.487 e. The highest BCUT2D eigenvalue weighted by Gasteiger charge is 2.10. The molecule has 0 aliphatic carbocycles. The third-order valence-electron chi connectivity index (χ3n) is 2.45. The van der Waals surface area contributed by atoms with Gasteiger partial charge < -0.3 is 9.47 Å². The third-order valence-corrected chi connectivity index (χ3v) is 3.01. The van der Waals surface area contributed by atoms with Crippen molar-refractivity contribution in [2.75, 3.05) is 5.33 Å². The molecule has 0 spiro atoms. The molecule has 0 N–H and O–H groups in total. The van der Waals surface area contributed by atoms with Gasteiger partial charge in [0, 0.05) is 11.8 Å². The minimum Gasteiger partial charge on any atom is -0.487 e. The molecule has 1 aromatic rings. The fourth-order valence-corrected chi connectivity index (χ4v) is 2.00. The second-order valence-electron chi connectivity index (χ2n) is 4.59. The summed E-state index contributed by atoms with van der Waals surface area (Å²) >= 11 is 3.37. The minimum absolute atomic E-state index is 0.0544. The number of hydrogen-bond acceptors (Lipinski definition) is 3. The van der Waals surface area contributed by atoms with Crippen molar-refractivity contribution in [2.24, 2.45) is 0 Å². The van der Waals surface area contributed by atoms with Crippen molar-refractivity contribution in [1.29, 1.82) is 0 Å². The number of benzene rings is 1. The number of esters is 1. The first-order valence-corrected chi connectivity index (χ1v) is 7.78. The van der Waals surface area contributed by atoms with Crippen molar-refractivity contribution < 1.29 is 14.3 Å². The van der Waals surface area contributed by atoms with Crippen molar-refractivity contribution >= 4 is 21.9 Å². The molecule has 0 bridgehead atoms. The molecule has 0 amide bonds. The van der Waals surface area contributed by atoms with E-state index in [1.54, 1.807) is 6.07 Å². The molecule has 19 heavy (non-hydrogen) atoms. The van der Waals surface area contributed by atoms with Gasteiger partial charge in [0.15, 0.2) is 11.5 Å². The van der Waals surface area contributed by atoms with Gasteiger partial charge in [-0.1, -0.05) is 34.5 Å². The van der Waals surface area contributed by atoms with E-state index in [0.717, 1.165) is 24.6 Å². The maximum absolute atomic E-state index is 11.7. The molecule has 1 rings (SSSR count). The summed E-state index contributed by atoms with van der Waals surface area (Å²) in [7, 11) is 0. The number of carbonyl (C=O) groups excluding carboxylic acids is 1. The highest BCUT2D eigenvalue weighted by molar-refractivity contribution is 9.09. The molecule has 0 heterocycles. The maximum atomic E-state index is 11.7. The molecule has 1 aromatic carbocycles. The van der Waals surface area contributed by atoms with Crippen LogP contribution in [0.4, 0.5) is 0 Å². The zero-order valence-electron chi connectivity index (χ0n) is 11.5. The average Bonchev–Trinajstić information content (AvgIpc) is 2.36. The lowest BCUT2D eigenvalue weighted by molar-refractivity contribution is -0.134. The Labute approximate surface area is 123 Å². The van der Waals surface area contributed by atoms with Crippen LogP contribution >= 0.6 is 15.9 Å². The van der Waals surface area contributed by atoms with Gasteiger partial charge in [-0.3, -0.25) is 4.79 Å². The third kappa shape index (κ3) is 6.62. The zero-order valence-corrected chi connectivity index (χ0v) is 13.1. The van der Waals surface area contributed by atoms with Gasteiger partial charge >= 0.3 is 5.97 Å². The van der Waals surface area contributed by atoms with Crippen LogP contribution in [0.2, 0.25) is 0 Å². The summed E-state index contributed by atoms with van der Waals surface area (Å²) in [6.07, 6.45) is 3.48. The Hall–Kier alpha value is -1.03. The Morgan fingerprint density at radius 2 is 1.84 bits per heavy atom. The number of alkyl halides is 1. The smallest absolute Gasteiger partial charge is 0.311 e. The van der Waals surface area contributed by atoms with Gasteiger partial charge in [-0.05, 0) is 38.8 Å². The predicted molar refractivity (Wildman–Crippen MR) is 80.1 cm³/mol. The van der Waals surface area contributed by atoms with Crippen LogP contribution in [0.3, 0.4) is 0 Å². The Morgan fingerprint density at radius 3 is 2.47 bits per heavy atom. The maximum Gasteiger partial charge on any atom is 0.311 e. The molecule has 4 heteroatoms.